The lowest BCUT2D eigenvalue weighted by molar-refractivity contribution is -0.218. The summed E-state index contributed by atoms with van der Waals surface area (Å²) in [5, 5.41) is 48.8. The second-order valence-corrected chi connectivity index (χ2v) is 5.80. The van der Waals surface area contributed by atoms with E-state index < -0.39 is 37.1 Å². The molecule has 6 heteroatoms. The van der Waals surface area contributed by atoms with Crippen LogP contribution in [0.15, 0.2) is 71.9 Å². The highest BCUT2D eigenvalue weighted by molar-refractivity contribution is 5.36. The average Bonchev–Trinajstić information content (AvgIpc) is 2.61. The van der Waals surface area contributed by atoms with Crippen LogP contribution < -0.4 is 0 Å². The Morgan fingerprint density at radius 1 is 0.760 bits per heavy atom. The fraction of sp³-hybridized carbons (Fsp3) is 0.368. The molecule has 2 rings (SSSR count). The first-order chi connectivity index (χ1) is 12.1. The van der Waals surface area contributed by atoms with Gasteiger partial charge in [0.05, 0.1) is 13.2 Å². The maximum atomic E-state index is 10.3. The van der Waals surface area contributed by atoms with Crippen molar-refractivity contribution in [3.8, 4) is 0 Å². The Hall–Kier alpha value is -1.80. The second kappa shape index (κ2) is 9.62. The topological polar surface area (TPSA) is 110 Å². The van der Waals surface area contributed by atoms with Crippen LogP contribution in [0.25, 0.3) is 0 Å². The third-order valence-corrected chi connectivity index (χ3v) is 4.05. The van der Waals surface area contributed by atoms with Crippen LogP contribution in [0.3, 0.4) is 0 Å². The van der Waals surface area contributed by atoms with Crippen molar-refractivity contribution in [2.24, 2.45) is 0 Å². The summed E-state index contributed by atoms with van der Waals surface area (Å²) in [6.07, 6.45) is 11.5. The summed E-state index contributed by atoms with van der Waals surface area (Å²) >= 11 is 0. The Morgan fingerprint density at radius 2 is 1.48 bits per heavy atom. The van der Waals surface area contributed by atoms with Gasteiger partial charge in [0.25, 0.3) is 0 Å². The van der Waals surface area contributed by atoms with Crippen molar-refractivity contribution >= 4 is 0 Å². The van der Waals surface area contributed by atoms with Crippen LogP contribution in [0.5, 0.6) is 0 Å². The van der Waals surface area contributed by atoms with E-state index in [0.29, 0.717) is 11.1 Å². The molecule has 0 aromatic rings. The molecular weight excluding hydrogens is 324 g/mol. The molecule has 2 aliphatic rings. The van der Waals surface area contributed by atoms with Gasteiger partial charge in [-0.15, -0.1) is 0 Å². The van der Waals surface area contributed by atoms with Crippen molar-refractivity contribution in [1.29, 1.82) is 0 Å². The molecule has 0 amide bonds. The molecule has 1 saturated heterocycles. The fourth-order valence-corrected chi connectivity index (χ4v) is 2.60. The summed E-state index contributed by atoms with van der Waals surface area (Å²) in [7, 11) is 0. The summed E-state index contributed by atoms with van der Waals surface area (Å²) in [4.78, 5) is 0. The minimum absolute atomic E-state index is 0.121. The van der Waals surface area contributed by atoms with Gasteiger partial charge in [-0.05, 0) is 11.1 Å². The number of hydrogen-bond donors (Lipinski definition) is 5. The maximum absolute atomic E-state index is 10.3. The number of aliphatic hydroxyl groups is 5. The molecule has 1 aliphatic heterocycles. The molecule has 0 spiro atoms. The van der Waals surface area contributed by atoms with Crippen LogP contribution >= 0.6 is 0 Å². The van der Waals surface area contributed by atoms with Crippen molar-refractivity contribution in [2.45, 2.75) is 30.5 Å². The van der Waals surface area contributed by atoms with E-state index in [4.69, 9.17) is 4.74 Å². The van der Waals surface area contributed by atoms with Crippen LogP contribution in [0.2, 0.25) is 0 Å². The molecule has 1 fully saturated rings. The van der Waals surface area contributed by atoms with E-state index in [0.717, 1.165) is 0 Å². The molecule has 5 N–H and O–H groups in total. The van der Waals surface area contributed by atoms with Crippen molar-refractivity contribution in [1.82, 2.24) is 0 Å². The molecule has 1 heterocycles. The van der Waals surface area contributed by atoms with Crippen LogP contribution in [-0.4, -0.2) is 69.3 Å². The zero-order valence-corrected chi connectivity index (χ0v) is 13.7. The third-order valence-electron chi connectivity index (χ3n) is 4.05. The normalized spacial score (nSPS) is 33.4. The monoisotopic (exact) mass is 348 g/mol. The van der Waals surface area contributed by atoms with E-state index in [1.165, 1.54) is 0 Å². The smallest absolute Gasteiger partial charge is 0.113 e. The largest absolute Gasteiger partial charge is 0.394 e. The minimum Gasteiger partial charge on any atom is -0.394 e. The average molecular weight is 348 g/mol. The molecule has 136 valence electrons. The Labute approximate surface area is 146 Å². The van der Waals surface area contributed by atoms with E-state index in [-0.39, 0.29) is 6.61 Å². The van der Waals surface area contributed by atoms with Crippen molar-refractivity contribution < 1.29 is 30.3 Å². The molecule has 0 aromatic carbocycles. The molecule has 5 atom stereocenters. The summed E-state index contributed by atoms with van der Waals surface area (Å²) in [5.41, 5.74) is 1.25. The second-order valence-electron chi connectivity index (χ2n) is 5.80. The van der Waals surface area contributed by atoms with Crippen LogP contribution in [0, 0.1) is 0 Å². The quantitative estimate of drug-likeness (QED) is 0.488. The van der Waals surface area contributed by atoms with E-state index in [2.05, 4.69) is 0 Å². The van der Waals surface area contributed by atoms with Gasteiger partial charge in [0.15, 0.2) is 0 Å². The number of allylic oxidation sites excluding steroid dienone is 8. The van der Waals surface area contributed by atoms with E-state index in [1.807, 2.05) is 12.2 Å². The molecule has 5 unspecified atom stereocenters. The Kier molecular flexibility index (Phi) is 7.52. The summed E-state index contributed by atoms with van der Waals surface area (Å²) in [5.74, 6) is 0. The number of hydrogen-bond acceptors (Lipinski definition) is 6. The lowest BCUT2D eigenvalue weighted by Crippen LogP contribution is -2.58. The zero-order valence-electron chi connectivity index (χ0n) is 13.7. The Balaban J connectivity index is 2.32. The molecule has 6 nitrogen and oxygen atoms in total. The van der Waals surface area contributed by atoms with E-state index >= 15 is 0 Å². The van der Waals surface area contributed by atoms with Gasteiger partial charge in [-0.2, -0.15) is 0 Å². The highest BCUT2D eigenvalue weighted by atomic mass is 16.5. The Morgan fingerprint density at radius 3 is 2.20 bits per heavy atom. The highest BCUT2D eigenvalue weighted by Gasteiger charge is 2.44. The van der Waals surface area contributed by atoms with Gasteiger partial charge in [-0.1, -0.05) is 60.8 Å². The van der Waals surface area contributed by atoms with Crippen molar-refractivity contribution in [2.75, 3.05) is 13.2 Å². The van der Waals surface area contributed by atoms with Gasteiger partial charge in [0.1, 0.15) is 30.5 Å². The molecule has 0 radical (unpaired) electrons. The Bertz CT molecular complexity index is 611. The number of aliphatic hydroxyl groups excluding tert-OH is 5. The standard InChI is InChI=1S/C19H24O6/c20-11-13-7-4-2-1-3-5-9-14(10-6-8-13)19-18(24)17(23)16(22)15(12-21)25-19/h1-10,15-24H,11-12H2. The SMILES string of the molecule is OCC1=CC=CC=CC=CC(C2OC(CO)C(O)C(O)C2O)=CC=C1. The first-order valence-corrected chi connectivity index (χ1v) is 8.08. The van der Waals surface area contributed by atoms with Gasteiger partial charge in [-0.25, -0.2) is 0 Å². The summed E-state index contributed by atoms with van der Waals surface area (Å²) in [6.45, 7) is -0.597. The lowest BCUT2D eigenvalue weighted by atomic mass is 9.90. The van der Waals surface area contributed by atoms with Crippen LogP contribution in [0.1, 0.15) is 0 Å². The van der Waals surface area contributed by atoms with Gasteiger partial charge in [0, 0.05) is 0 Å². The summed E-state index contributed by atoms with van der Waals surface area (Å²) < 4.78 is 5.58. The molecule has 0 aromatic heterocycles. The third kappa shape index (κ3) is 5.09. The van der Waals surface area contributed by atoms with E-state index in [9.17, 15) is 25.5 Å². The van der Waals surface area contributed by atoms with Crippen molar-refractivity contribution in [3.63, 3.8) is 0 Å². The zero-order chi connectivity index (χ0) is 18.2. The molecule has 0 saturated carbocycles. The lowest BCUT2D eigenvalue weighted by Gasteiger charge is -2.40. The molecule has 0 bridgehead atoms. The van der Waals surface area contributed by atoms with Gasteiger partial charge >= 0.3 is 0 Å². The summed E-state index contributed by atoms with van der Waals surface area (Å²) in [6, 6.07) is 0. The van der Waals surface area contributed by atoms with Crippen LogP contribution in [-0.2, 0) is 4.74 Å². The highest BCUT2D eigenvalue weighted by Crippen LogP contribution is 2.26. The van der Waals surface area contributed by atoms with Gasteiger partial charge in [0.2, 0.25) is 0 Å². The maximum Gasteiger partial charge on any atom is 0.113 e. The van der Waals surface area contributed by atoms with Gasteiger partial charge in [-0.3, -0.25) is 0 Å². The predicted molar refractivity (Wildman–Crippen MR) is 93.6 cm³/mol. The minimum atomic E-state index is -1.43. The van der Waals surface area contributed by atoms with Crippen molar-refractivity contribution in [3.05, 3.63) is 71.9 Å². The van der Waals surface area contributed by atoms with Gasteiger partial charge < -0.3 is 30.3 Å². The van der Waals surface area contributed by atoms with Crippen LogP contribution in [0.4, 0.5) is 0 Å². The first kappa shape index (κ1) is 19.5. The molecule has 1 aliphatic carbocycles. The number of rotatable bonds is 3. The van der Waals surface area contributed by atoms with E-state index in [1.54, 1.807) is 48.6 Å². The number of ether oxygens (including phenoxy) is 1. The molecular formula is C19H24O6. The first-order valence-electron chi connectivity index (χ1n) is 8.08. The fourth-order valence-electron chi connectivity index (χ4n) is 2.60. The molecule has 25 heavy (non-hydrogen) atoms. The predicted octanol–water partition coefficient (Wildman–Crippen LogP) is -0.0877.